The second-order valence-electron chi connectivity index (χ2n) is 4.12. The summed E-state index contributed by atoms with van der Waals surface area (Å²) in [6, 6.07) is 8.92. The maximum absolute atomic E-state index is 12.2. The maximum Gasteiger partial charge on any atom is 0.265 e. The zero-order valence-electron chi connectivity index (χ0n) is 10.1. The number of pyridine rings is 1. The molecule has 1 N–H and O–H groups in total. The smallest absolute Gasteiger partial charge is 0.265 e. The average molecular weight is 321 g/mol. The number of aromatic nitrogens is 1. The number of nitrogens with zero attached hydrogens (tertiary/aromatic N) is 1. The number of hydrogen-bond donors (Lipinski definition) is 2. The molecule has 0 aliphatic heterocycles. The molecule has 0 spiro atoms. The number of carbonyl (C=O) groups excluding carboxylic acids is 1. The van der Waals surface area contributed by atoms with Gasteiger partial charge >= 0.3 is 0 Å². The molecule has 3 aromatic rings. The van der Waals surface area contributed by atoms with Gasteiger partial charge in [-0.25, -0.2) is 0 Å². The molecule has 1 amide bonds. The summed E-state index contributed by atoms with van der Waals surface area (Å²) < 4.78 is 0. The van der Waals surface area contributed by atoms with Crippen LogP contribution in [0.4, 0.5) is 5.69 Å². The van der Waals surface area contributed by atoms with Gasteiger partial charge in [0.25, 0.3) is 5.91 Å². The Morgan fingerprint density at radius 1 is 1.35 bits per heavy atom. The van der Waals surface area contributed by atoms with E-state index < -0.39 is 0 Å². The van der Waals surface area contributed by atoms with Crippen LogP contribution in [0.5, 0.6) is 0 Å². The SMILES string of the molecule is O=C(Nc1ccc(Cl)c2cccnc12)c1cc(S)cs1. The Balaban J connectivity index is 1.99. The molecule has 100 valence electrons. The fourth-order valence-electron chi connectivity index (χ4n) is 1.87. The highest BCUT2D eigenvalue weighted by Crippen LogP contribution is 2.28. The molecule has 2 heterocycles. The lowest BCUT2D eigenvalue weighted by atomic mass is 10.2. The van der Waals surface area contributed by atoms with E-state index in [0.717, 1.165) is 10.3 Å². The minimum absolute atomic E-state index is 0.176. The Morgan fingerprint density at radius 2 is 2.20 bits per heavy atom. The van der Waals surface area contributed by atoms with Crippen molar-refractivity contribution in [2.45, 2.75) is 4.90 Å². The van der Waals surface area contributed by atoms with Gasteiger partial charge in [-0.15, -0.1) is 24.0 Å². The highest BCUT2D eigenvalue weighted by atomic mass is 35.5. The lowest BCUT2D eigenvalue weighted by molar-refractivity contribution is 0.103. The van der Waals surface area contributed by atoms with Crippen LogP contribution in [0, 0.1) is 0 Å². The van der Waals surface area contributed by atoms with Crippen LogP contribution in [-0.4, -0.2) is 10.9 Å². The largest absolute Gasteiger partial charge is 0.319 e. The van der Waals surface area contributed by atoms with Crippen LogP contribution in [0.1, 0.15) is 9.67 Å². The number of halogens is 1. The Kier molecular flexibility index (Phi) is 3.65. The second kappa shape index (κ2) is 5.44. The lowest BCUT2D eigenvalue weighted by Gasteiger charge is -2.08. The first-order valence-corrected chi connectivity index (χ1v) is 7.48. The molecule has 0 radical (unpaired) electrons. The molecule has 1 aromatic carbocycles. The fourth-order valence-corrected chi connectivity index (χ4v) is 3.13. The van der Waals surface area contributed by atoms with Gasteiger partial charge in [0, 0.05) is 21.9 Å². The Morgan fingerprint density at radius 3 is 2.95 bits per heavy atom. The number of fused-ring (bicyclic) bond motifs is 1. The molecule has 3 nitrogen and oxygen atoms in total. The standard InChI is InChI=1S/C14H9ClN2OS2/c15-10-3-4-11(13-9(10)2-1-5-16-13)17-14(18)12-6-8(19)7-20-12/h1-7,19H,(H,17,18). The summed E-state index contributed by atoms with van der Waals surface area (Å²) in [5, 5.41) is 6.10. The molecule has 3 rings (SSSR count). The normalized spacial score (nSPS) is 10.7. The summed E-state index contributed by atoms with van der Waals surface area (Å²) in [5.41, 5.74) is 1.32. The number of amides is 1. The molecule has 0 atom stereocenters. The highest BCUT2D eigenvalue weighted by molar-refractivity contribution is 7.80. The van der Waals surface area contributed by atoms with Crippen LogP contribution in [0.15, 0.2) is 46.8 Å². The topological polar surface area (TPSA) is 42.0 Å². The third kappa shape index (κ3) is 2.52. The van der Waals surface area contributed by atoms with Crippen LogP contribution in [0.2, 0.25) is 5.02 Å². The van der Waals surface area contributed by atoms with Crippen LogP contribution in [-0.2, 0) is 0 Å². The predicted molar refractivity (Wildman–Crippen MR) is 86.3 cm³/mol. The van der Waals surface area contributed by atoms with Crippen molar-refractivity contribution < 1.29 is 4.79 Å². The van der Waals surface area contributed by atoms with E-state index in [1.807, 2.05) is 17.5 Å². The summed E-state index contributed by atoms with van der Waals surface area (Å²) in [7, 11) is 0. The van der Waals surface area contributed by atoms with Gasteiger partial charge in [-0.05, 0) is 30.3 Å². The summed E-state index contributed by atoms with van der Waals surface area (Å²) in [4.78, 5) is 17.8. The van der Waals surface area contributed by atoms with Crippen molar-refractivity contribution in [2.24, 2.45) is 0 Å². The molecule has 20 heavy (non-hydrogen) atoms. The number of thiophene rings is 1. The molecule has 0 saturated carbocycles. The minimum Gasteiger partial charge on any atom is -0.319 e. The summed E-state index contributed by atoms with van der Waals surface area (Å²) in [6.07, 6.45) is 1.67. The van der Waals surface area contributed by atoms with Gasteiger partial charge in [-0.1, -0.05) is 11.6 Å². The number of anilines is 1. The zero-order chi connectivity index (χ0) is 14.1. The molecular weight excluding hydrogens is 312 g/mol. The Labute approximate surface area is 130 Å². The van der Waals surface area contributed by atoms with Gasteiger partial charge < -0.3 is 5.32 Å². The van der Waals surface area contributed by atoms with Crippen molar-refractivity contribution in [1.29, 1.82) is 0 Å². The van der Waals surface area contributed by atoms with E-state index in [4.69, 9.17) is 11.6 Å². The number of hydrogen-bond acceptors (Lipinski definition) is 4. The van der Waals surface area contributed by atoms with E-state index in [-0.39, 0.29) is 5.91 Å². The number of thiol groups is 1. The highest BCUT2D eigenvalue weighted by Gasteiger charge is 2.12. The first-order valence-electron chi connectivity index (χ1n) is 5.77. The first-order chi connectivity index (χ1) is 9.65. The molecule has 2 aromatic heterocycles. The van der Waals surface area contributed by atoms with Crippen LogP contribution in [0.3, 0.4) is 0 Å². The van der Waals surface area contributed by atoms with E-state index in [1.54, 1.807) is 24.4 Å². The number of rotatable bonds is 2. The minimum atomic E-state index is -0.176. The second-order valence-corrected chi connectivity index (χ2v) is 5.95. The van der Waals surface area contributed by atoms with Gasteiger partial charge in [0.2, 0.25) is 0 Å². The van der Waals surface area contributed by atoms with Gasteiger partial charge in [-0.2, -0.15) is 0 Å². The van der Waals surface area contributed by atoms with Gasteiger partial charge in [0.1, 0.15) is 0 Å². The Hall–Kier alpha value is -1.56. The average Bonchev–Trinajstić information content (AvgIpc) is 2.89. The lowest BCUT2D eigenvalue weighted by Crippen LogP contribution is -2.10. The van der Waals surface area contributed by atoms with E-state index in [9.17, 15) is 4.79 Å². The van der Waals surface area contributed by atoms with Crippen LogP contribution < -0.4 is 5.32 Å². The van der Waals surface area contributed by atoms with Crippen molar-refractivity contribution in [3.63, 3.8) is 0 Å². The molecule has 0 saturated heterocycles. The fraction of sp³-hybridized carbons (Fsp3) is 0. The molecule has 0 fully saturated rings. The Bertz CT molecular complexity index is 801. The summed E-state index contributed by atoms with van der Waals surface area (Å²) >= 11 is 11.7. The van der Waals surface area contributed by atoms with E-state index in [0.29, 0.717) is 21.1 Å². The van der Waals surface area contributed by atoms with Crippen LogP contribution >= 0.6 is 35.6 Å². The van der Waals surface area contributed by atoms with Gasteiger partial charge in [0.15, 0.2) is 0 Å². The predicted octanol–water partition coefficient (Wildman–Crippen LogP) is 4.49. The van der Waals surface area contributed by atoms with Crippen molar-refractivity contribution in [2.75, 3.05) is 5.32 Å². The molecule has 0 aliphatic carbocycles. The molecule has 0 aliphatic rings. The third-order valence-corrected chi connectivity index (χ3v) is 4.47. The molecular formula is C14H9ClN2OS2. The van der Waals surface area contributed by atoms with Gasteiger partial charge in [-0.3, -0.25) is 9.78 Å². The summed E-state index contributed by atoms with van der Waals surface area (Å²) in [5.74, 6) is -0.176. The number of nitrogens with one attached hydrogen (secondary N) is 1. The first kappa shape index (κ1) is 13.4. The maximum atomic E-state index is 12.2. The van der Waals surface area contributed by atoms with Crippen molar-refractivity contribution in [3.05, 3.63) is 51.8 Å². The monoisotopic (exact) mass is 320 g/mol. The number of benzene rings is 1. The van der Waals surface area contributed by atoms with E-state index in [1.165, 1.54) is 11.3 Å². The quantitative estimate of drug-likeness (QED) is 0.683. The zero-order valence-corrected chi connectivity index (χ0v) is 12.6. The van der Waals surface area contributed by atoms with Gasteiger partial charge in [0.05, 0.1) is 21.1 Å². The summed E-state index contributed by atoms with van der Waals surface area (Å²) in [6.45, 7) is 0. The number of carbonyl (C=O) groups is 1. The van der Waals surface area contributed by atoms with E-state index >= 15 is 0 Å². The van der Waals surface area contributed by atoms with Crippen LogP contribution in [0.25, 0.3) is 10.9 Å². The molecule has 0 bridgehead atoms. The third-order valence-electron chi connectivity index (χ3n) is 2.77. The van der Waals surface area contributed by atoms with Crippen molar-refractivity contribution in [3.8, 4) is 0 Å². The van der Waals surface area contributed by atoms with Crippen molar-refractivity contribution in [1.82, 2.24) is 4.98 Å². The van der Waals surface area contributed by atoms with E-state index in [2.05, 4.69) is 22.9 Å². The molecule has 6 heteroatoms. The van der Waals surface area contributed by atoms with Crippen molar-refractivity contribution >= 4 is 58.1 Å². The molecule has 0 unspecified atom stereocenters.